The fraction of sp³-hybridized carbons (Fsp3) is 0.448. The van der Waals surface area contributed by atoms with Crippen molar-refractivity contribution >= 4 is 33.2 Å². The van der Waals surface area contributed by atoms with Crippen molar-refractivity contribution < 1.29 is 27.6 Å². The minimum absolute atomic E-state index is 0.0698. The molecule has 218 valence electrons. The van der Waals surface area contributed by atoms with E-state index >= 15 is 0 Å². The standard InChI is InChI=1S/C29H34N4O7S/c1-28(2,3)32-26(30-19-7-13-25-23(15-19)29(4,5)17-41(25,37)38)16-24(31-32)18-6-10-22(14-18)40-27(34)39-21-11-8-20(9-12-21)33(35)36/h7-9,11-13,15-16,18,22,30H,6,10,14,17H2,1-5H3/t18-,22+/m0/s1. The first-order valence-corrected chi connectivity index (χ1v) is 15.2. The maximum Gasteiger partial charge on any atom is 0.514 e. The van der Waals surface area contributed by atoms with Gasteiger partial charge in [-0.3, -0.25) is 10.1 Å². The molecule has 3 aromatic rings. The van der Waals surface area contributed by atoms with Crippen LogP contribution in [0.25, 0.3) is 0 Å². The molecule has 2 heterocycles. The van der Waals surface area contributed by atoms with Crippen LogP contribution in [0, 0.1) is 10.1 Å². The van der Waals surface area contributed by atoms with Crippen molar-refractivity contribution in [1.29, 1.82) is 0 Å². The Kier molecular flexibility index (Phi) is 7.09. The third-order valence-electron chi connectivity index (χ3n) is 7.55. The predicted octanol–water partition coefficient (Wildman–Crippen LogP) is 6.21. The molecule has 2 atom stereocenters. The second-order valence-electron chi connectivity index (χ2n) is 12.4. The number of benzene rings is 2. The van der Waals surface area contributed by atoms with E-state index in [2.05, 4.69) is 26.1 Å². The van der Waals surface area contributed by atoms with Crippen LogP contribution in [0.3, 0.4) is 0 Å². The molecule has 0 unspecified atom stereocenters. The number of rotatable bonds is 6. The average Bonchev–Trinajstić information content (AvgIpc) is 3.54. The van der Waals surface area contributed by atoms with E-state index in [0.717, 1.165) is 29.2 Å². The van der Waals surface area contributed by atoms with Crippen LogP contribution in [-0.2, 0) is 25.5 Å². The summed E-state index contributed by atoms with van der Waals surface area (Å²) in [6, 6.07) is 12.6. The second kappa shape index (κ2) is 10.2. The summed E-state index contributed by atoms with van der Waals surface area (Å²) in [5.41, 5.74) is 1.57. The van der Waals surface area contributed by atoms with E-state index in [0.29, 0.717) is 17.7 Å². The van der Waals surface area contributed by atoms with E-state index in [9.17, 15) is 23.3 Å². The Balaban J connectivity index is 1.28. The summed E-state index contributed by atoms with van der Waals surface area (Å²) in [5, 5.41) is 19.2. The molecule has 0 spiro atoms. The summed E-state index contributed by atoms with van der Waals surface area (Å²) in [6.07, 6.45) is 0.817. The molecule has 1 fully saturated rings. The van der Waals surface area contributed by atoms with Gasteiger partial charge in [0.2, 0.25) is 0 Å². The highest BCUT2D eigenvalue weighted by atomic mass is 32.2. The maximum atomic E-state index is 12.6. The third-order valence-corrected chi connectivity index (χ3v) is 9.67. The van der Waals surface area contributed by atoms with Gasteiger partial charge in [0.15, 0.2) is 9.84 Å². The van der Waals surface area contributed by atoms with Gasteiger partial charge in [-0.25, -0.2) is 17.9 Å². The van der Waals surface area contributed by atoms with E-state index in [1.807, 2.05) is 30.7 Å². The van der Waals surface area contributed by atoms with Crippen molar-refractivity contribution in [1.82, 2.24) is 9.78 Å². The monoisotopic (exact) mass is 582 g/mol. The van der Waals surface area contributed by atoms with Crippen molar-refractivity contribution in [2.75, 3.05) is 11.1 Å². The first-order valence-electron chi connectivity index (χ1n) is 13.5. The lowest BCUT2D eigenvalue weighted by Crippen LogP contribution is -2.25. The molecule has 1 aromatic heterocycles. The number of hydrogen-bond donors (Lipinski definition) is 1. The summed E-state index contributed by atoms with van der Waals surface area (Å²) in [6.45, 7) is 10.1. The van der Waals surface area contributed by atoms with Crippen LogP contribution in [0.2, 0.25) is 0 Å². The highest BCUT2D eigenvalue weighted by molar-refractivity contribution is 7.91. The smallest absolute Gasteiger partial charge is 0.431 e. The Morgan fingerprint density at radius 3 is 2.49 bits per heavy atom. The van der Waals surface area contributed by atoms with Gasteiger partial charge in [-0.1, -0.05) is 13.8 Å². The van der Waals surface area contributed by atoms with Crippen LogP contribution < -0.4 is 10.1 Å². The number of sulfone groups is 1. The number of nitrogens with zero attached hydrogens (tertiary/aromatic N) is 3. The van der Waals surface area contributed by atoms with E-state index in [1.54, 1.807) is 12.1 Å². The fourth-order valence-corrected chi connectivity index (χ4v) is 7.80. The zero-order valence-corrected chi connectivity index (χ0v) is 24.5. The lowest BCUT2D eigenvalue weighted by Gasteiger charge is -2.23. The van der Waals surface area contributed by atoms with Crippen LogP contribution in [0.4, 0.5) is 22.0 Å². The predicted molar refractivity (Wildman–Crippen MR) is 153 cm³/mol. The SMILES string of the molecule is CC1(C)CS(=O)(=O)c2ccc(Nc3cc([C@H]4CC[C@@H](OC(=O)Oc5ccc([N+](=O)[O-])cc5)C4)nn3C(C)(C)C)cc21. The number of hydrogen-bond acceptors (Lipinski definition) is 9. The molecule has 0 bridgehead atoms. The molecular formula is C29H34N4O7S. The third kappa shape index (κ3) is 5.92. The Labute approximate surface area is 238 Å². The van der Waals surface area contributed by atoms with Crippen LogP contribution in [0.15, 0.2) is 53.4 Å². The number of nitro groups is 1. The molecule has 0 saturated heterocycles. The molecule has 1 saturated carbocycles. The zero-order chi connectivity index (χ0) is 29.7. The normalized spacial score (nSPS) is 20.8. The van der Waals surface area contributed by atoms with E-state index < -0.39 is 26.3 Å². The Morgan fingerprint density at radius 1 is 1.12 bits per heavy atom. The van der Waals surface area contributed by atoms with Crippen LogP contribution in [0.5, 0.6) is 5.75 Å². The summed E-state index contributed by atoms with van der Waals surface area (Å²) < 4.78 is 37.8. The molecule has 0 radical (unpaired) electrons. The molecule has 12 heteroatoms. The Hall–Kier alpha value is -3.93. The molecular weight excluding hydrogens is 548 g/mol. The Bertz CT molecular complexity index is 1600. The molecule has 2 aliphatic rings. The number of nitro benzene ring substituents is 1. The summed E-state index contributed by atoms with van der Waals surface area (Å²) in [5.74, 6) is 1.12. The van der Waals surface area contributed by atoms with Crippen molar-refractivity contribution in [2.24, 2.45) is 0 Å². The quantitative estimate of drug-likeness (QED) is 0.155. The van der Waals surface area contributed by atoms with Crippen LogP contribution in [0.1, 0.15) is 71.1 Å². The van der Waals surface area contributed by atoms with Crippen molar-refractivity contribution in [3.63, 3.8) is 0 Å². The topological polar surface area (TPSA) is 143 Å². The van der Waals surface area contributed by atoms with Crippen LogP contribution in [-0.4, -0.2) is 41.1 Å². The Morgan fingerprint density at radius 2 is 1.83 bits per heavy atom. The number of anilines is 2. The van der Waals surface area contributed by atoms with Crippen molar-refractivity contribution in [3.05, 3.63) is 69.9 Å². The van der Waals surface area contributed by atoms with Crippen LogP contribution >= 0.6 is 0 Å². The van der Waals surface area contributed by atoms with Gasteiger partial charge in [-0.2, -0.15) is 5.10 Å². The summed E-state index contributed by atoms with van der Waals surface area (Å²) >= 11 is 0. The molecule has 1 aliphatic heterocycles. The zero-order valence-electron chi connectivity index (χ0n) is 23.7. The number of carbonyl (C=O) groups is 1. The average molecular weight is 583 g/mol. The number of fused-ring (bicyclic) bond motifs is 1. The number of ether oxygens (including phenoxy) is 2. The van der Waals surface area contributed by atoms with Gasteiger partial charge < -0.3 is 14.8 Å². The summed E-state index contributed by atoms with van der Waals surface area (Å²) in [7, 11) is -3.29. The van der Waals surface area contributed by atoms with E-state index in [-0.39, 0.29) is 34.8 Å². The van der Waals surface area contributed by atoms with Crippen molar-refractivity contribution in [2.45, 2.75) is 81.8 Å². The van der Waals surface area contributed by atoms with Gasteiger partial charge >= 0.3 is 6.16 Å². The van der Waals surface area contributed by atoms with Gasteiger partial charge in [0.05, 0.1) is 26.8 Å². The molecule has 0 amide bonds. The molecule has 1 N–H and O–H groups in total. The highest BCUT2D eigenvalue weighted by Crippen LogP contribution is 2.42. The lowest BCUT2D eigenvalue weighted by molar-refractivity contribution is -0.384. The van der Waals surface area contributed by atoms with Gasteiger partial charge in [-0.05, 0) is 75.9 Å². The van der Waals surface area contributed by atoms with E-state index in [4.69, 9.17) is 14.6 Å². The second-order valence-corrected chi connectivity index (χ2v) is 14.3. The molecule has 1 aliphatic carbocycles. The lowest BCUT2D eigenvalue weighted by atomic mass is 9.87. The molecule has 41 heavy (non-hydrogen) atoms. The minimum Gasteiger partial charge on any atom is -0.431 e. The number of non-ortho nitro benzene ring substituents is 1. The number of aromatic nitrogens is 2. The maximum absolute atomic E-state index is 12.6. The first-order chi connectivity index (χ1) is 19.1. The minimum atomic E-state index is -3.29. The molecule has 11 nitrogen and oxygen atoms in total. The van der Waals surface area contributed by atoms with Gasteiger partial charge in [0.1, 0.15) is 17.7 Å². The van der Waals surface area contributed by atoms with Crippen molar-refractivity contribution in [3.8, 4) is 5.75 Å². The number of carbonyl (C=O) groups excluding carboxylic acids is 1. The number of nitrogens with one attached hydrogen (secondary N) is 1. The fourth-order valence-electron chi connectivity index (χ4n) is 5.59. The largest absolute Gasteiger partial charge is 0.514 e. The summed E-state index contributed by atoms with van der Waals surface area (Å²) in [4.78, 5) is 23.0. The van der Waals surface area contributed by atoms with Gasteiger partial charge in [0, 0.05) is 35.2 Å². The highest BCUT2D eigenvalue weighted by Gasteiger charge is 2.40. The van der Waals surface area contributed by atoms with E-state index in [1.165, 1.54) is 24.3 Å². The molecule has 5 rings (SSSR count). The van der Waals surface area contributed by atoms with Gasteiger partial charge in [0.25, 0.3) is 5.69 Å². The first kappa shape index (κ1) is 28.6. The van der Waals surface area contributed by atoms with Gasteiger partial charge in [-0.15, -0.1) is 0 Å². The molecule has 2 aromatic carbocycles.